The minimum Gasteiger partial charge on any atom is -0.390 e. The first kappa shape index (κ1) is 12.5. The van der Waals surface area contributed by atoms with Crippen molar-refractivity contribution in [2.24, 2.45) is 0 Å². The molecule has 2 rings (SSSR count). The number of hydrogen-bond acceptors (Lipinski definition) is 5. The van der Waals surface area contributed by atoms with Crippen LogP contribution in [0.3, 0.4) is 0 Å². The molecule has 2 atom stereocenters. The molecule has 0 bridgehead atoms. The summed E-state index contributed by atoms with van der Waals surface area (Å²) in [5.74, 6) is 0.748. The number of aliphatic hydroxyl groups excluding tert-OH is 1. The van der Waals surface area contributed by atoms with E-state index in [0.717, 1.165) is 5.82 Å². The molecule has 1 aromatic rings. The second kappa shape index (κ2) is 5.16. The zero-order valence-electron chi connectivity index (χ0n) is 9.93. The number of aliphatic hydroxyl groups is 1. The molecule has 1 N–H and O–H groups in total. The molecule has 1 aliphatic rings. The van der Waals surface area contributed by atoms with Crippen molar-refractivity contribution in [1.29, 1.82) is 0 Å². The molecule has 6 heteroatoms. The number of nitrogens with zero attached hydrogens (tertiary/aromatic N) is 3. The highest BCUT2D eigenvalue weighted by Gasteiger charge is 2.27. The fourth-order valence-electron chi connectivity index (χ4n) is 2.12. The van der Waals surface area contributed by atoms with Gasteiger partial charge in [-0.15, -0.1) is 0 Å². The van der Waals surface area contributed by atoms with Crippen molar-refractivity contribution >= 4 is 17.4 Å². The van der Waals surface area contributed by atoms with Crippen LogP contribution in [0.25, 0.3) is 0 Å². The number of morpholine rings is 1. The van der Waals surface area contributed by atoms with E-state index in [9.17, 15) is 0 Å². The van der Waals surface area contributed by atoms with Crippen LogP contribution in [0.1, 0.15) is 19.5 Å². The Morgan fingerprint density at radius 3 is 2.65 bits per heavy atom. The Kier molecular flexibility index (Phi) is 3.81. The summed E-state index contributed by atoms with van der Waals surface area (Å²) < 4.78 is 5.47. The standard InChI is InChI=1S/C11H16ClN3O2/c1-7-5-17-6-8(2)15(7)10-3-9(4-16)13-11(12)14-10/h3,7-8,16H,4-6H2,1-2H3/t7-,8?/m0/s1. The van der Waals surface area contributed by atoms with Gasteiger partial charge >= 0.3 is 0 Å². The number of ether oxygens (including phenoxy) is 1. The van der Waals surface area contributed by atoms with Crippen molar-refractivity contribution in [3.63, 3.8) is 0 Å². The van der Waals surface area contributed by atoms with Crippen molar-refractivity contribution in [2.45, 2.75) is 32.5 Å². The summed E-state index contributed by atoms with van der Waals surface area (Å²) in [7, 11) is 0. The highest BCUT2D eigenvalue weighted by Crippen LogP contribution is 2.23. The van der Waals surface area contributed by atoms with Gasteiger partial charge in [0, 0.05) is 6.07 Å². The van der Waals surface area contributed by atoms with Crippen LogP contribution in [-0.2, 0) is 11.3 Å². The van der Waals surface area contributed by atoms with Crippen molar-refractivity contribution in [3.8, 4) is 0 Å². The van der Waals surface area contributed by atoms with Crippen LogP contribution >= 0.6 is 11.6 Å². The molecule has 1 unspecified atom stereocenters. The van der Waals surface area contributed by atoms with Gasteiger partial charge in [0.05, 0.1) is 37.6 Å². The summed E-state index contributed by atoms with van der Waals surface area (Å²) in [5, 5.41) is 9.29. The molecule has 0 aromatic carbocycles. The lowest BCUT2D eigenvalue weighted by Crippen LogP contribution is -2.50. The van der Waals surface area contributed by atoms with E-state index in [-0.39, 0.29) is 24.0 Å². The summed E-state index contributed by atoms with van der Waals surface area (Å²) >= 11 is 5.85. The lowest BCUT2D eigenvalue weighted by molar-refractivity contribution is 0.0751. The van der Waals surface area contributed by atoms with E-state index in [1.807, 2.05) is 0 Å². The highest BCUT2D eigenvalue weighted by molar-refractivity contribution is 6.28. The molecule has 1 saturated heterocycles. The summed E-state index contributed by atoms with van der Waals surface area (Å²) in [6.07, 6.45) is 0. The van der Waals surface area contributed by atoms with Gasteiger partial charge in [0.1, 0.15) is 5.82 Å². The van der Waals surface area contributed by atoms with Crippen LogP contribution < -0.4 is 4.90 Å². The van der Waals surface area contributed by atoms with Crippen LogP contribution in [0.4, 0.5) is 5.82 Å². The summed E-state index contributed by atoms with van der Waals surface area (Å²) in [4.78, 5) is 10.3. The van der Waals surface area contributed by atoms with Crippen molar-refractivity contribution in [3.05, 3.63) is 17.0 Å². The Hall–Kier alpha value is -0.910. The lowest BCUT2D eigenvalue weighted by atomic mass is 10.1. The van der Waals surface area contributed by atoms with Gasteiger partial charge in [-0.25, -0.2) is 9.97 Å². The number of hydrogen-bond donors (Lipinski definition) is 1. The predicted octanol–water partition coefficient (Wildman–Crippen LogP) is 1.24. The Labute approximate surface area is 105 Å². The summed E-state index contributed by atoms with van der Waals surface area (Å²) in [6, 6.07) is 2.23. The number of rotatable bonds is 2. The van der Waals surface area contributed by atoms with Crippen LogP contribution in [0.15, 0.2) is 6.07 Å². The third-order valence-electron chi connectivity index (χ3n) is 2.83. The van der Waals surface area contributed by atoms with Gasteiger partial charge in [-0.2, -0.15) is 0 Å². The molecule has 0 amide bonds. The summed E-state index contributed by atoms with van der Waals surface area (Å²) in [6.45, 7) is 5.35. The Morgan fingerprint density at radius 1 is 1.41 bits per heavy atom. The van der Waals surface area contributed by atoms with Crippen molar-refractivity contribution < 1.29 is 9.84 Å². The van der Waals surface area contributed by atoms with E-state index >= 15 is 0 Å². The maximum absolute atomic E-state index is 9.12. The fourth-order valence-corrected chi connectivity index (χ4v) is 2.32. The SMILES string of the molecule is CC1COC[C@H](C)N1c1cc(CO)nc(Cl)n1. The van der Waals surface area contributed by atoms with Gasteiger partial charge in [-0.3, -0.25) is 0 Å². The highest BCUT2D eigenvalue weighted by atomic mass is 35.5. The first-order valence-corrected chi connectivity index (χ1v) is 6.00. The minimum atomic E-state index is -0.137. The molecule has 0 radical (unpaired) electrons. The molecular weight excluding hydrogens is 242 g/mol. The first-order valence-electron chi connectivity index (χ1n) is 5.62. The topological polar surface area (TPSA) is 58.5 Å². The van der Waals surface area contributed by atoms with Crippen LogP contribution in [0.5, 0.6) is 0 Å². The molecule has 17 heavy (non-hydrogen) atoms. The Balaban J connectivity index is 2.34. The van der Waals surface area contributed by atoms with Gasteiger partial charge in [-0.1, -0.05) is 0 Å². The minimum absolute atomic E-state index is 0.137. The van der Waals surface area contributed by atoms with E-state index in [1.54, 1.807) is 6.07 Å². The largest absolute Gasteiger partial charge is 0.390 e. The zero-order chi connectivity index (χ0) is 12.4. The maximum atomic E-state index is 9.12. The summed E-state index contributed by atoms with van der Waals surface area (Å²) in [5.41, 5.74) is 0.533. The quantitative estimate of drug-likeness (QED) is 0.808. The van der Waals surface area contributed by atoms with Gasteiger partial charge in [0.15, 0.2) is 0 Å². The van der Waals surface area contributed by atoms with E-state index in [0.29, 0.717) is 18.9 Å². The van der Waals surface area contributed by atoms with Crippen LogP contribution in [0, 0.1) is 0 Å². The molecule has 2 heterocycles. The van der Waals surface area contributed by atoms with Crippen LogP contribution in [-0.4, -0.2) is 40.4 Å². The van der Waals surface area contributed by atoms with Crippen molar-refractivity contribution in [2.75, 3.05) is 18.1 Å². The van der Waals surface area contributed by atoms with Gasteiger partial charge in [0.25, 0.3) is 0 Å². The molecule has 0 aliphatic carbocycles. The molecule has 1 fully saturated rings. The lowest BCUT2D eigenvalue weighted by Gasteiger charge is -2.39. The van der Waals surface area contributed by atoms with E-state index < -0.39 is 0 Å². The monoisotopic (exact) mass is 257 g/mol. The van der Waals surface area contributed by atoms with Gasteiger partial charge < -0.3 is 14.7 Å². The first-order chi connectivity index (χ1) is 8.11. The normalized spacial score (nSPS) is 25.1. The maximum Gasteiger partial charge on any atom is 0.224 e. The van der Waals surface area contributed by atoms with Gasteiger partial charge in [-0.05, 0) is 25.4 Å². The molecule has 1 aliphatic heterocycles. The second-order valence-electron chi connectivity index (χ2n) is 4.29. The smallest absolute Gasteiger partial charge is 0.224 e. The molecule has 0 saturated carbocycles. The van der Waals surface area contributed by atoms with E-state index in [4.69, 9.17) is 21.4 Å². The Bertz CT molecular complexity index is 392. The number of aromatic nitrogens is 2. The third-order valence-corrected chi connectivity index (χ3v) is 3.00. The average molecular weight is 258 g/mol. The number of anilines is 1. The van der Waals surface area contributed by atoms with Gasteiger partial charge in [0.2, 0.25) is 5.28 Å². The third kappa shape index (κ3) is 2.68. The second-order valence-corrected chi connectivity index (χ2v) is 4.63. The van der Waals surface area contributed by atoms with Crippen LogP contribution in [0.2, 0.25) is 5.28 Å². The van der Waals surface area contributed by atoms with E-state index in [2.05, 4.69) is 28.7 Å². The van der Waals surface area contributed by atoms with E-state index in [1.165, 1.54) is 0 Å². The molecular formula is C11H16ClN3O2. The predicted molar refractivity (Wildman–Crippen MR) is 65.2 cm³/mol. The fraction of sp³-hybridized carbons (Fsp3) is 0.636. The molecule has 1 aromatic heterocycles. The average Bonchev–Trinajstić information content (AvgIpc) is 2.28. The van der Waals surface area contributed by atoms with Crippen molar-refractivity contribution in [1.82, 2.24) is 9.97 Å². The number of halogens is 1. The Morgan fingerprint density at radius 2 is 2.06 bits per heavy atom. The molecule has 5 nitrogen and oxygen atoms in total. The molecule has 0 spiro atoms. The zero-order valence-corrected chi connectivity index (χ0v) is 10.7. The molecule has 94 valence electrons.